The molecule has 0 spiro atoms. The molecule has 1 atom stereocenters. The van der Waals surface area contributed by atoms with E-state index in [9.17, 15) is 14.7 Å². The van der Waals surface area contributed by atoms with E-state index in [0.29, 0.717) is 30.8 Å². The zero-order valence-corrected chi connectivity index (χ0v) is 13.5. The van der Waals surface area contributed by atoms with Crippen molar-refractivity contribution in [3.63, 3.8) is 0 Å². The third-order valence-electron chi connectivity index (χ3n) is 3.09. The maximum atomic E-state index is 12.2. The Bertz CT molecular complexity index is 516. The average Bonchev–Trinajstić information content (AvgIpc) is 2.46. The number of rotatable bonds is 7. The molecule has 3 N–H and O–H groups in total. The van der Waals surface area contributed by atoms with Crippen molar-refractivity contribution in [3.05, 3.63) is 35.9 Å². The molecule has 7 heteroatoms. The lowest BCUT2D eigenvalue weighted by atomic mass is 10.1. The second-order valence-corrected chi connectivity index (χ2v) is 4.80. The molecule has 1 unspecified atom stereocenters. The standard InChI is InChI=1S/C15H21N3O3.ClH/c1-11(16)17-10-6-9-13(15(20)21)18(2)14(19)12-7-4-3-5-8-12;/h3-5,7-8,13H,6,9-10H2,1-2H3,(H2,16,17)(H,20,21);1H. The normalized spacial score (nSPS) is 12.2. The number of amides is 1. The number of carbonyl (C=O) groups excluding carboxylic acids is 1. The second-order valence-electron chi connectivity index (χ2n) is 4.80. The molecular weight excluding hydrogens is 306 g/mol. The third kappa shape index (κ3) is 6.13. The van der Waals surface area contributed by atoms with E-state index in [2.05, 4.69) is 4.99 Å². The van der Waals surface area contributed by atoms with Gasteiger partial charge in [0.25, 0.3) is 5.91 Å². The van der Waals surface area contributed by atoms with Crippen LogP contribution in [0.3, 0.4) is 0 Å². The van der Waals surface area contributed by atoms with E-state index in [4.69, 9.17) is 5.73 Å². The van der Waals surface area contributed by atoms with Crippen LogP contribution >= 0.6 is 12.4 Å². The number of carboxylic acid groups (broad SMARTS) is 1. The summed E-state index contributed by atoms with van der Waals surface area (Å²) >= 11 is 0. The molecule has 6 nitrogen and oxygen atoms in total. The number of halogens is 1. The van der Waals surface area contributed by atoms with Gasteiger partial charge in [-0.3, -0.25) is 9.79 Å². The largest absolute Gasteiger partial charge is 0.480 e. The van der Waals surface area contributed by atoms with Crippen LogP contribution in [-0.4, -0.2) is 47.4 Å². The Labute approximate surface area is 136 Å². The van der Waals surface area contributed by atoms with Gasteiger partial charge in [-0.15, -0.1) is 12.4 Å². The molecule has 0 radical (unpaired) electrons. The number of amidine groups is 1. The Morgan fingerprint density at radius 1 is 1.32 bits per heavy atom. The number of nitrogens with zero attached hydrogens (tertiary/aromatic N) is 2. The highest BCUT2D eigenvalue weighted by atomic mass is 35.5. The molecule has 1 aromatic carbocycles. The molecule has 1 rings (SSSR count). The van der Waals surface area contributed by atoms with Gasteiger partial charge < -0.3 is 15.7 Å². The first-order valence-electron chi connectivity index (χ1n) is 6.75. The van der Waals surface area contributed by atoms with Gasteiger partial charge in [0, 0.05) is 19.2 Å². The fraction of sp³-hybridized carbons (Fsp3) is 0.400. The van der Waals surface area contributed by atoms with Crippen molar-refractivity contribution in [2.45, 2.75) is 25.8 Å². The van der Waals surface area contributed by atoms with Crippen LogP contribution in [0.5, 0.6) is 0 Å². The maximum absolute atomic E-state index is 12.2. The van der Waals surface area contributed by atoms with Gasteiger partial charge >= 0.3 is 5.97 Å². The van der Waals surface area contributed by atoms with Crippen molar-refractivity contribution in [2.75, 3.05) is 13.6 Å². The minimum atomic E-state index is -1.02. The molecule has 0 aromatic heterocycles. The lowest BCUT2D eigenvalue weighted by Crippen LogP contribution is -2.42. The van der Waals surface area contributed by atoms with Crippen LogP contribution in [0, 0.1) is 0 Å². The number of nitrogens with two attached hydrogens (primary N) is 1. The van der Waals surface area contributed by atoms with E-state index in [0.717, 1.165) is 0 Å². The van der Waals surface area contributed by atoms with Crippen molar-refractivity contribution >= 4 is 30.1 Å². The monoisotopic (exact) mass is 327 g/mol. The fourth-order valence-corrected chi connectivity index (χ4v) is 1.95. The molecule has 0 saturated carbocycles. The maximum Gasteiger partial charge on any atom is 0.326 e. The number of hydrogen-bond acceptors (Lipinski definition) is 3. The number of benzene rings is 1. The number of aliphatic imine (C=N–C) groups is 1. The molecule has 0 bridgehead atoms. The summed E-state index contributed by atoms with van der Waals surface area (Å²) in [6.07, 6.45) is 0.888. The molecule has 1 amide bonds. The van der Waals surface area contributed by atoms with Crippen molar-refractivity contribution in [1.82, 2.24) is 4.90 Å². The highest BCUT2D eigenvalue weighted by Crippen LogP contribution is 2.11. The summed E-state index contributed by atoms with van der Waals surface area (Å²) in [5.41, 5.74) is 5.90. The molecule has 0 fully saturated rings. The van der Waals surface area contributed by atoms with Crippen LogP contribution in [-0.2, 0) is 4.79 Å². The number of carbonyl (C=O) groups is 2. The van der Waals surface area contributed by atoms with Gasteiger partial charge in [-0.05, 0) is 31.9 Å². The minimum Gasteiger partial charge on any atom is -0.480 e. The molecule has 0 heterocycles. The molecule has 0 aliphatic heterocycles. The van der Waals surface area contributed by atoms with Gasteiger partial charge in [-0.1, -0.05) is 18.2 Å². The van der Waals surface area contributed by atoms with Gasteiger partial charge in [-0.2, -0.15) is 0 Å². The molecule has 0 saturated heterocycles. The van der Waals surface area contributed by atoms with E-state index in [1.165, 1.54) is 11.9 Å². The van der Waals surface area contributed by atoms with Gasteiger partial charge in [0.15, 0.2) is 0 Å². The van der Waals surface area contributed by atoms with Crippen molar-refractivity contribution in [1.29, 1.82) is 0 Å². The average molecular weight is 328 g/mol. The second kappa shape index (κ2) is 9.78. The van der Waals surface area contributed by atoms with E-state index < -0.39 is 12.0 Å². The quantitative estimate of drug-likeness (QED) is 0.453. The minimum absolute atomic E-state index is 0. The molecule has 0 aliphatic rings. The van der Waals surface area contributed by atoms with Gasteiger partial charge in [-0.25, -0.2) is 4.79 Å². The van der Waals surface area contributed by atoms with Crippen LogP contribution in [0.4, 0.5) is 0 Å². The highest BCUT2D eigenvalue weighted by molar-refractivity contribution is 5.96. The molecule has 1 aromatic rings. The van der Waals surface area contributed by atoms with Gasteiger partial charge in [0.1, 0.15) is 6.04 Å². The van der Waals surface area contributed by atoms with E-state index >= 15 is 0 Å². The Morgan fingerprint density at radius 3 is 2.41 bits per heavy atom. The topological polar surface area (TPSA) is 96.0 Å². The van der Waals surface area contributed by atoms with E-state index in [1.54, 1.807) is 37.3 Å². The zero-order valence-electron chi connectivity index (χ0n) is 12.7. The summed E-state index contributed by atoms with van der Waals surface area (Å²) in [5.74, 6) is -0.854. The van der Waals surface area contributed by atoms with Crippen molar-refractivity contribution in [2.24, 2.45) is 10.7 Å². The van der Waals surface area contributed by atoms with Gasteiger partial charge in [0.05, 0.1) is 5.84 Å². The van der Waals surface area contributed by atoms with Crippen LogP contribution in [0.1, 0.15) is 30.1 Å². The van der Waals surface area contributed by atoms with E-state index in [-0.39, 0.29) is 18.3 Å². The molecule has 122 valence electrons. The summed E-state index contributed by atoms with van der Waals surface area (Å²) in [6.45, 7) is 2.14. The SMILES string of the molecule is CC(N)=NCCCC(C(=O)O)N(C)C(=O)c1ccccc1.Cl. The van der Waals surface area contributed by atoms with Gasteiger partial charge in [0.2, 0.25) is 0 Å². The first-order chi connectivity index (χ1) is 9.93. The van der Waals surface area contributed by atoms with Crippen molar-refractivity contribution in [3.8, 4) is 0 Å². The number of carboxylic acids is 1. The summed E-state index contributed by atoms with van der Waals surface area (Å²) in [6, 6.07) is 7.76. The van der Waals surface area contributed by atoms with Crippen molar-refractivity contribution < 1.29 is 14.7 Å². The highest BCUT2D eigenvalue weighted by Gasteiger charge is 2.26. The fourth-order valence-electron chi connectivity index (χ4n) is 1.95. The Hall–Kier alpha value is -2.08. The predicted molar refractivity (Wildman–Crippen MR) is 88.6 cm³/mol. The lowest BCUT2D eigenvalue weighted by molar-refractivity contribution is -0.142. The van der Waals surface area contributed by atoms with Crippen LogP contribution < -0.4 is 5.73 Å². The Kier molecular flexibility index (Phi) is 8.86. The summed E-state index contributed by atoms with van der Waals surface area (Å²) in [5, 5.41) is 9.29. The predicted octanol–water partition coefficient (Wildman–Crippen LogP) is 1.79. The molecular formula is C15H22ClN3O3. The van der Waals surface area contributed by atoms with Crippen LogP contribution in [0.2, 0.25) is 0 Å². The lowest BCUT2D eigenvalue weighted by Gasteiger charge is -2.24. The third-order valence-corrected chi connectivity index (χ3v) is 3.09. The van der Waals surface area contributed by atoms with Crippen LogP contribution in [0.15, 0.2) is 35.3 Å². The summed E-state index contributed by atoms with van der Waals surface area (Å²) < 4.78 is 0. The summed E-state index contributed by atoms with van der Waals surface area (Å²) in [4.78, 5) is 28.9. The van der Waals surface area contributed by atoms with E-state index in [1.807, 2.05) is 0 Å². The molecule has 0 aliphatic carbocycles. The summed E-state index contributed by atoms with van der Waals surface area (Å²) in [7, 11) is 1.51. The smallest absolute Gasteiger partial charge is 0.326 e. The number of hydrogen-bond donors (Lipinski definition) is 2. The number of aliphatic carboxylic acids is 1. The Balaban J connectivity index is 0.00000441. The first-order valence-corrected chi connectivity index (χ1v) is 6.75. The number of likely N-dealkylation sites (N-methyl/N-ethyl adjacent to an activating group) is 1. The zero-order chi connectivity index (χ0) is 15.8. The van der Waals surface area contributed by atoms with Crippen LogP contribution in [0.25, 0.3) is 0 Å². The first kappa shape index (κ1) is 19.9. The Morgan fingerprint density at radius 2 is 1.91 bits per heavy atom. The molecule has 22 heavy (non-hydrogen) atoms.